The first-order valence-corrected chi connectivity index (χ1v) is 5.04. The molecule has 0 fully saturated rings. The van der Waals surface area contributed by atoms with Crippen molar-refractivity contribution in [1.29, 1.82) is 0 Å². The highest BCUT2D eigenvalue weighted by molar-refractivity contribution is 5.30. The highest BCUT2D eigenvalue weighted by atomic mass is 19.3. The molecule has 1 aromatic carbocycles. The van der Waals surface area contributed by atoms with Crippen LogP contribution >= 0.6 is 0 Å². The molecule has 5 heteroatoms. The molecule has 3 N–H and O–H groups in total. The van der Waals surface area contributed by atoms with Gasteiger partial charge in [-0.2, -0.15) is 8.78 Å². The van der Waals surface area contributed by atoms with E-state index in [1.54, 1.807) is 12.1 Å². The van der Waals surface area contributed by atoms with Gasteiger partial charge in [-0.05, 0) is 30.5 Å². The van der Waals surface area contributed by atoms with E-state index in [0.717, 1.165) is 5.56 Å². The summed E-state index contributed by atoms with van der Waals surface area (Å²) in [6.07, 6.45) is 1.19. The van der Waals surface area contributed by atoms with Gasteiger partial charge in [0.1, 0.15) is 5.75 Å². The lowest BCUT2D eigenvalue weighted by Gasteiger charge is -2.12. The average Bonchev–Trinajstić information content (AvgIpc) is 2.25. The van der Waals surface area contributed by atoms with Crippen LogP contribution in [0.4, 0.5) is 8.78 Å². The van der Waals surface area contributed by atoms with E-state index in [2.05, 4.69) is 4.74 Å². The molecule has 0 amide bonds. The van der Waals surface area contributed by atoms with Gasteiger partial charge in [-0.3, -0.25) is 0 Å². The first-order chi connectivity index (χ1) is 7.63. The lowest BCUT2D eigenvalue weighted by molar-refractivity contribution is -0.0499. The van der Waals surface area contributed by atoms with Gasteiger partial charge >= 0.3 is 6.61 Å². The van der Waals surface area contributed by atoms with E-state index in [9.17, 15) is 8.78 Å². The zero-order valence-electron chi connectivity index (χ0n) is 8.77. The van der Waals surface area contributed by atoms with Crippen molar-refractivity contribution in [3.8, 4) is 5.75 Å². The average molecular weight is 231 g/mol. The van der Waals surface area contributed by atoms with E-state index in [4.69, 9.17) is 10.8 Å². The molecule has 0 aliphatic heterocycles. The van der Waals surface area contributed by atoms with E-state index in [-0.39, 0.29) is 18.4 Å². The molecular weight excluding hydrogens is 216 g/mol. The maximum absolute atomic E-state index is 12.0. The van der Waals surface area contributed by atoms with E-state index in [1.165, 1.54) is 12.1 Å². The second-order valence-electron chi connectivity index (χ2n) is 3.42. The third kappa shape index (κ3) is 4.12. The van der Waals surface area contributed by atoms with Gasteiger partial charge in [0.25, 0.3) is 0 Å². The number of nitrogens with two attached hydrogens (primary N) is 1. The predicted octanol–water partition coefficient (Wildman–Crippen LogP) is 2.06. The molecule has 0 aliphatic rings. The fourth-order valence-corrected chi connectivity index (χ4v) is 1.40. The standard InChI is InChI=1S/C11H15F2NO2/c12-11(13)16-9-4-1-3-8(7-9)10(14)5-2-6-15/h1,3-4,7,10-11,15H,2,5-6,14H2/t10-/m1/s1. The summed E-state index contributed by atoms with van der Waals surface area (Å²) >= 11 is 0. The van der Waals surface area contributed by atoms with Crippen LogP contribution in [0.3, 0.4) is 0 Å². The van der Waals surface area contributed by atoms with E-state index < -0.39 is 6.61 Å². The highest BCUT2D eigenvalue weighted by Crippen LogP contribution is 2.21. The monoisotopic (exact) mass is 231 g/mol. The number of alkyl halides is 2. The maximum atomic E-state index is 12.0. The lowest BCUT2D eigenvalue weighted by Crippen LogP contribution is -2.11. The minimum absolute atomic E-state index is 0.0704. The Morgan fingerprint density at radius 3 is 2.75 bits per heavy atom. The van der Waals surface area contributed by atoms with Crippen LogP contribution in [-0.4, -0.2) is 18.3 Å². The molecule has 0 radical (unpaired) electrons. The molecule has 0 saturated heterocycles. The summed E-state index contributed by atoms with van der Waals surface area (Å²) in [6.45, 7) is -2.76. The Morgan fingerprint density at radius 1 is 1.38 bits per heavy atom. The SMILES string of the molecule is N[C@H](CCCO)c1cccc(OC(F)F)c1. The first kappa shape index (κ1) is 12.9. The molecular formula is C11H15F2NO2. The van der Waals surface area contributed by atoms with Crippen LogP contribution in [0.2, 0.25) is 0 Å². The second-order valence-corrected chi connectivity index (χ2v) is 3.42. The van der Waals surface area contributed by atoms with Crippen molar-refractivity contribution in [3.05, 3.63) is 29.8 Å². The van der Waals surface area contributed by atoms with Crippen LogP contribution < -0.4 is 10.5 Å². The summed E-state index contributed by atoms with van der Waals surface area (Å²) in [5.74, 6) is 0.104. The third-order valence-corrected chi connectivity index (χ3v) is 2.18. The molecule has 0 aromatic heterocycles. The predicted molar refractivity (Wildman–Crippen MR) is 56.3 cm³/mol. The van der Waals surface area contributed by atoms with Crippen molar-refractivity contribution >= 4 is 0 Å². The number of hydrogen-bond acceptors (Lipinski definition) is 3. The Morgan fingerprint density at radius 2 is 2.12 bits per heavy atom. The second kappa shape index (κ2) is 6.40. The summed E-state index contributed by atoms with van der Waals surface area (Å²) in [4.78, 5) is 0. The van der Waals surface area contributed by atoms with Gasteiger partial charge in [0.2, 0.25) is 0 Å². The largest absolute Gasteiger partial charge is 0.435 e. The molecule has 90 valence electrons. The summed E-state index contributed by atoms with van der Waals surface area (Å²) in [7, 11) is 0. The topological polar surface area (TPSA) is 55.5 Å². The third-order valence-electron chi connectivity index (χ3n) is 2.18. The van der Waals surface area contributed by atoms with Gasteiger partial charge in [0, 0.05) is 12.6 Å². The molecule has 0 spiro atoms. The van der Waals surface area contributed by atoms with Crippen molar-refractivity contribution in [2.75, 3.05) is 6.61 Å². The number of aliphatic hydroxyl groups excluding tert-OH is 1. The fourth-order valence-electron chi connectivity index (χ4n) is 1.40. The number of ether oxygens (including phenoxy) is 1. The molecule has 0 aliphatic carbocycles. The smallest absolute Gasteiger partial charge is 0.387 e. The van der Waals surface area contributed by atoms with Crippen molar-refractivity contribution in [1.82, 2.24) is 0 Å². The van der Waals surface area contributed by atoms with Crippen molar-refractivity contribution in [3.63, 3.8) is 0 Å². The quantitative estimate of drug-likeness (QED) is 0.787. The summed E-state index contributed by atoms with van der Waals surface area (Å²) in [5.41, 5.74) is 6.55. The number of aliphatic hydroxyl groups is 1. The van der Waals surface area contributed by atoms with Crippen molar-refractivity contribution in [2.45, 2.75) is 25.5 Å². The molecule has 0 heterocycles. The Hall–Kier alpha value is -1.20. The first-order valence-electron chi connectivity index (χ1n) is 5.04. The molecule has 0 bridgehead atoms. The Labute approximate surface area is 92.8 Å². The van der Waals surface area contributed by atoms with Gasteiger partial charge in [0.15, 0.2) is 0 Å². The van der Waals surface area contributed by atoms with Gasteiger partial charge < -0.3 is 15.6 Å². The van der Waals surface area contributed by atoms with E-state index in [0.29, 0.717) is 12.8 Å². The molecule has 1 rings (SSSR count). The molecule has 1 atom stereocenters. The van der Waals surface area contributed by atoms with Gasteiger partial charge in [0.05, 0.1) is 0 Å². The van der Waals surface area contributed by atoms with Crippen LogP contribution in [0.5, 0.6) is 5.75 Å². The van der Waals surface area contributed by atoms with Crippen LogP contribution in [0.25, 0.3) is 0 Å². The molecule has 0 unspecified atom stereocenters. The highest BCUT2D eigenvalue weighted by Gasteiger charge is 2.09. The van der Waals surface area contributed by atoms with Crippen LogP contribution in [-0.2, 0) is 0 Å². The normalized spacial score (nSPS) is 12.8. The number of benzene rings is 1. The number of hydrogen-bond donors (Lipinski definition) is 2. The summed E-state index contributed by atoms with van der Waals surface area (Å²) in [6, 6.07) is 6.04. The summed E-state index contributed by atoms with van der Waals surface area (Å²) in [5, 5.41) is 8.66. The van der Waals surface area contributed by atoms with E-state index in [1.807, 2.05) is 0 Å². The number of halogens is 2. The molecule has 3 nitrogen and oxygen atoms in total. The van der Waals surface area contributed by atoms with Crippen LogP contribution in [0, 0.1) is 0 Å². The summed E-state index contributed by atoms with van der Waals surface area (Å²) < 4.78 is 28.2. The Bertz CT molecular complexity index is 321. The Balaban J connectivity index is 2.65. The van der Waals surface area contributed by atoms with E-state index >= 15 is 0 Å². The number of rotatable bonds is 6. The van der Waals surface area contributed by atoms with Gasteiger partial charge in [-0.1, -0.05) is 12.1 Å². The zero-order valence-corrected chi connectivity index (χ0v) is 8.77. The van der Waals surface area contributed by atoms with Crippen molar-refractivity contribution < 1.29 is 18.6 Å². The minimum atomic E-state index is -2.83. The molecule has 16 heavy (non-hydrogen) atoms. The maximum Gasteiger partial charge on any atom is 0.387 e. The van der Waals surface area contributed by atoms with Gasteiger partial charge in [-0.25, -0.2) is 0 Å². The van der Waals surface area contributed by atoms with Crippen LogP contribution in [0.1, 0.15) is 24.4 Å². The molecule has 1 aromatic rings. The van der Waals surface area contributed by atoms with Gasteiger partial charge in [-0.15, -0.1) is 0 Å². The van der Waals surface area contributed by atoms with Crippen LogP contribution in [0.15, 0.2) is 24.3 Å². The minimum Gasteiger partial charge on any atom is -0.435 e. The Kier molecular flexibility index (Phi) is 5.14. The zero-order chi connectivity index (χ0) is 12.0. The fraction of sp³-hybridized carbons (Fsp3) is 0.455. The van der Waals surface area contributed by atoms with Crippen molar-refractivity contribution in [2.24, 2.45) is 5.73 Å². The molecule has 0 saturated carbocycles. The lowest BCUT2D eigenvalue weighted by atomic mass is 10.0.